The molecule has 0 aliphatic rings. The van der Waals surface area contributed by atoms with Crippen LogP contribution in [-0.4, -0.2) is 5.11 Å². The molecule has 0 amide bonds. The molecule has 0 heterocycles. The first-order valence-electron chi connectivity index (χ1n) is 5.85. The fourth-order valence-electron chi connectivity index (χ4n) is 1.92. The highest BCUT2D eigenvalue weighted by Gasteiger charge is 2.15. The van der Waals surface area contributed by atoms with Crippen LogP contribution in [0.15, 0.2) is 36.4 Å². The van der Waals surface area contributed by atoms with Gasteiger partial charge in [0.2, 0.25) is 0 Å². The predicted octanol–water partition coefficient (Wildman–Crippen LogP) is 4.72. The van der Waals surface area contributed by atoms with Crippen LogP contribution in [0.25, 0.3) is 0 Å². The van der Waals surface area contributed by atoms with Gasteiger partial charge in [0, 0.05) is 22.0 Å². The summed E-state index contributed by atoms with van der Waals surface area (Å²) in [7, 11) is 0. The van der Waals surface area contributed by atoms with Crippen LogP contribution in [0.4, 0.5) is 4.39 Å². The molecule has 0 spiro atoms. The number of aliphatic hydroxyl groups is 1. The van der Waals surface area contributed by atoms with Crippen molar-refractivity contribution in [3.8, 4) is 0 Å². The fraction of sp³-hybridized carbons (Fsp3) is 0.200. The van der Waals surface area contributed by atoms with Gasteiger partial charge in [0.15, 0.2) is 0 Å². The van der Waals surface area contributed by atoms with Crippen molar-refractivity contribution in [2.45, 2.75) is 19.4 Å². The number of benzene rings is 2. The van der Waals surface area contributed by atoms with E-state index in [0.717, 1.165) is 5.56 Å². The van der Waals surface area contributed by atoms with Gasteiger partial charge in [0.25, 0.3) is 0 Å². The molecule has 100 valence electrons. The average Bonchev–Trinajstić information content (AvgIpc) is 2.33. The number of halogens is 3. The summed E-state index contributed by atoms with van der Waals surface area (Å²) >= 11 is 11.9. The lowest BCUT2D eigenvalue weighted by atomic mass is 10.00. The molecule has 2 aromatic carbocycles. The van der Waals surface area contributed by atoms with Crippen LogP contribution < -0.4 is 0 Å². The highest BCUT2D eigenvalue weighted by molar-refractivity contribution is 6.33. The van der Waals surface area contributed by atoms with E-state index < -0.39 is 11.9 Å². The van der Waals surface area contributed by atoms with Crippen molar-refractivity contribution in [1.82, 2.24) is 0 Å². The number of rotatable bonds is 3. The Morgan fingerprint density at radius 1 is 1.16 bits per heavy atom. The Morgan fingerprint density at radius 2 is 1.89 bits per heavy atom. The second-order valence-electron chi connectivity index (χ2n) is 4.48. The zero-order chi connectivity index (χ0) is 14.0. The Bertz CT molecular complexity index is 599. The smallest absolute Gasteiger partial charge is 0.129 e. The molecule has 4 heteroatoms. The summed E-state index contributed by atoms with van der Waals surface area (Å²) in [4.78, 5) is 0. The van der Waals surface area contributed by atoms with Gasteiger partial charge in [-0.25, -0.2) is 4.39 Å². The third kappa shape index (κ3) is 3.47. The molecule has 0 aromatic heterocycles. The van der Waals surface area contributed by atoms with E-state index in [0.29, 0.717) is 15.6 Å². The molecule has 0 radical (unpaired) electrons. The molecular formula is C15H13Cl2FO. The van der Waals surface area contributed by atoms with Crippen LogP contribution in [0.2, 0.25) is 10.0 Å². The monoisotopic (exact) mass is 298 g/mol. The Kier molecular flexibility index (Phi) is 4.46. The summed E-state index contributed by atoms with van der Waals surface area (Å²) in [6.07, 6.45) is -0.726. The van der Waals surface area contributed by atoms with Crippen molar-refractivity contribution in [2.75, 3.05) is 0 Å². The topological polar surface area (TPSA) is 20.2 Å². The van der Waals surface area contributed by atoms with Gasteiger partial charge < -0.3 is 5.11 Å². The molecule has 1 unspecified atom stereocenters. The Morgan fingerprint density at radius 3 is 2.58 bits per heavy atom. The highest BCUT2D eigenvalue weighted by Crippen LogP contribution is 2.27. The summed E-state index contributed by atoms with van der Waals surface area (Å²) in [5.41, 5.74) is 1.78. The Hall–Kier alpha value is -1.09. The molecule has 0 saturated carbocycles. The van der Waals surface area contributed by atoms with Gasteiger partial charge in [-0.15, -0.1) is 0 Å². The minimum Gasteiger partial charge on any atom is -0.388 e. The molecule has 2 aromatic rings. The molecule has 1 atom stereocenters. The maximum absolute atomic E-state index is 13.8. The second-order valence-corrected chi connectivity index (χ2v) is 5.32. The maximum Gasteiger partial charge on any atom is 0.129 e. The van der Waals surface area contributed by atoms with Gasteiger partial charge >= 0.3 is 0 Å². The number of aryl methyl sites for hydroxylation is 1. The third-order valence-electron chi connectivity index (χ3n) is 2.94. The van der Waals surface area contributed by atoms with E-state index in [-0.39, 0.29) is 12.0 Å². The largest absolute Gasteiger partial charge is 0.388 e. The second kappa shape index (κ2) is 5.91. The molecule has 1 N–H and O–H groups in total. The zero-order valence-electron chi connectivity index (χ0n) is 10.3. The SMILES string of the molecule is Cc1ccc(C(O)Cc2cc(Cl)ccc2Cl)c(F)c1. The number of hydrogen-bond donors (Lipinski definition) is 1. The molecule has 0 fully saturated rings. The molecular weight excluding hydrogens is 286 g/mol. The summed E-state index contributed by atoms with van der Waals surface area (Å²) < 4.78 is 13.8. The van der Waals surface area contributed by atoms with Gasteiger partial charge in [-0.1, -0.05) is 35.3 Å². The van der Waals surface area contributed by atoms with Gasteiger partial charge in [0.1, 0.15) is 5.82 Å². The average molecular weight is 299 g/mol. The van der Waals surface area contributed by atoms with Gasteiger partial charge in [-0.2, -0.15) is 0 Å². The standard InChI is InChI=1S/C15H13Cl2FO/c1-9-2-4-12(14(18)6-9)15(19)8-10-7-11(16)3-5-13(10)17/h2-7,15,19H,8H2,1H3. The van der Waals surface area contributed by atoms with Crippen LogP contribution in [0.5, 0.6) is 0 Å². The van der Waals surface area contributed by atoms with Crippen molar-refractivity contribution < 1.29 is 9.50 Å². The van der Waals surface area contributed by atoms with Crippen LogP contribution in [0.1, 0.15) is 22.8 Å². The molecule has 19 heavy (non-hydrogen) atoms. The minimum atomic E-state index is -0.948. The lowest BCUT2D eigenvalue weighted by Crippen LogP contribution is -2.05. The lowest BCUT2D eigenvalue weighted by Gasteiger charge is -2.13. The van der Waals surface area contributed by atoms with Gasteiger partial charge in [-0.05, 0) is 42.3 Å². The zero-order valence-corrected chi connectivity index (χ0v) is 11.8. The molecule has 0 saturated heterocycles. The summed E-state index contributed by atoms with van der Waals surface area (Å²) in [6, 6.07) is 9.77. The van der Waals surface area contributed by atoms with Crippen molar-refractivity contribution in [3.63, 3.8) is 0 Å². The van der Waals surface area contributed by atoms with E-state index in [1.165, 1.54) is 6.07 Å². The fourth-order valence-corrected chi connectivity index (χ4v) is 2.31. The first-order chi connectivity index (χ1) is 8.97. The highest BCUT2D eigenvalue weighted by atomic mass is 35.5. The quantitative estimate of drug-likeness (QED) is 0.869. The molecule has 0 aliphatic heterocycles. The summed E-state index contributed by atoms with van der Waals surface area (Å²) in [5, 5.41) is 11.2. The number of aliphatic hydroxyl groups excluding tert-OH is 1. The Labute approximate surface area is 121 Å². The van der Waals surface area contributed by atoms with Crippen LogP contribution >= 0.6 is 23.2 Å². The molecule has 0 bridgehead atoms. The van der Waals surface area contributed by atoms with Crippen LogP contribution in [-0.2, 0) is 6.42 Å². The summed E-state index contributed by atoms with van der Waals surface area (Å²) in [5.74, 6) is -0.411. The van der Waals surface area contributed by atoms with Gasteiger partial charge in [-0.3, -0.25) is 0 Å². The van der Waals surface area contributed by atoms with E-state index >= 15 is 0 Å². The van der Waals surface area contributed by atoms with E-state index in [1.807, 2.05) is 0 Å². The first kappa shape index (κ1) is 14.3. The van der Waals surface area contributed by atoms with Crippen LogP contribution in [0.3, 0.4) is 0 Å². The van der Waals surface area contributed by atoms with E-state index in [4.69, 9.17) is 23.2 Å². The van der Waals surface area contributed by atoms with Crippen molar-refractivity contribution in [3.05, 3.63) is 69.0 Å². The van der Waals surface area contributed by atoms with Crippen molar-refractivity contribution in [2.24, 2.45) is 0 Å². The van der Waals surface area contributed by atoms with Gasteiger partial charge in [0.05, 0.1) is 6.10 Å². The molecule has 0 aliphatic carbocycles. The summed E-state index contributed by atoms with van der Waals surface area (Å²) in [6.45, 7) is 1.80. The van der Waals surface area contributed by atoms with Crippen LogP contribution in [0, 0.1) is 12.7 Å². The van der Waals surface area contributed by atoms with E-state index in [1.54, 1.807) is 37.3 Å². The Balaban J connectivity index is 2.25. The normalized spacial score (nSPS) is 12.5. The maximum atomic E-state index is 13.8. The first-order valence-corrected chi connectivity index (χ1v) is 6.61. The minimum absolute atomic E-state index is 0.222. The number of hydrogen-bond acceptors (Lipinski definition) is 1. The molecule has 2 rings (SSSR count). The lowest BCUT2D eigenvalue weighted by molar-refractivity contribution is 0.173. The molecule has 1 nitrogen and oxygen atoms in total. The van der Waals surface area contributed by atoms with E-state index in [2.05, 4.69) is 0 Å². The van der Waals surface area contributed by atoms with Crippen molar-refractivity contribution in [1.29, 1.82) is 0 Å². The third-order valence-corrected chi connectivity index (χ3v) is 3.54. The van der Waals surface area contributed by atoms with E-state index in [9.17, 15) is 9.50 Å². The predicted molar refractivity (Wildman–Crippen MR) is 76.3 cm³/mol. The van der Waals surface area contributed by atoms with Crippen molar-refractivity contribution >= 4 is 23.2 Å².